The Morgan fingerprint density at radius 2 is 1.44 bits per heavy atom. The smallest absolute Gasteiger partial charge is 0.145 e. The number of hydrogen-bond acceptors (Lipinski definition) is 2. The molecule has 92 valence electrons. The lowest BCUT2D eigenvalue weighted by atomic mass is 9.96. The van der Waals surface area contributed by atoms with Gasteiger partial charge in [-0.05, 0) is 25.7 Å². The standard InChI is InChI=1S/C14H24OS/c15-14(11-16-13-9-5-6-10-13)12-7-3-1-2-4-8-12/h12-13H,1-11H2. The topological polar surface area (TPSA) is 17.1 Å². The average molecular weight is 240 g/mol. The number of rotatable bonds is 4. The molecule has 16 heavy (non-hydrogen) atoms. The molecule has 1 nitrogen and oxygen atoms in total. The number of Topliss-reactive ketones (excluding diaryl/α,β-unsaturated/α-hetero) is 1. The second kappa shape index (κ2) is 6.68. The average Bonchev–Trinajstić information content (AvgIpc) is 2.66. The maximum Gasteiger partial charge on any atom is 0.145 e. The van der Waals surface area contributed by atoms with Crippen molar-refractivity contribution < 1.29 is 4.79 Å². The van der Waals surface area contributed by atoms with Crippen LogP contribution in [0.25, 0.3) is 0 Å². The summed E-state index contributed by atoms with van der Waals surface area (Å²) in [7, 11) is 0. The zero-order chi connectivity index (χ0) is 11.2. The molecule has 0 aromatic carbocycles. The number of hydrogen-bond donors (Lipinski definition) is 0. The number of carbonyl (C=O) groups excluding carboxylic acids is 1. The van der Waals surface area contributed by atoms with E-state index in [2.05, 4.69) is 0 Å². The monoisotopic (exact) mass is 240 g/mol. The van der Waals surface area contributed by atoms with Gasteiger partial charge in [-0.25, -0.2) is 0 Å². The first-order chi connectivity index (χ1) is 7.86. The van der Waals surface area contributed by atoms with Gasteiger partial charge in [-0.15, -0.1) is 0 Å². The lowest BCUT2D eigenvalue weighted by molar-refractivity contribution is -0.120. The molecular formula is C14H24OS. The van der Waals surface area contributed by atoms with Crippen LogP contribution in [0.4, 0.5) is 0 Å². The molecule has 0 aromatic heterocycles. The minimum absolute atomic E-state index is 0.413. The molecule has 0 aliphatic heterocycles. The number of thioether (sulfide) groups is 1. The van der Waals surface area contributed by atoms with Gasteiger partial charge in [-0.2, -0.15) is 11.8 Å². The Morgan fingerprint density at radius 1 is 0.875 bits per heavy atom. The fourth-order valence-corrected chi connectivity index (χ4v) is 4.28. The van der Waals surface area contributed by atoms with E-state index < -0.39 is 0 Å². The Kier molecular flexibility index (Phi) is 5.21. The van der Waals surface area contributed by atoms with E-state index in [0.29, 0.717) is 11.7 Å². The van der Waals surface area contributed by atoms with Gasteiger partial charge in [0.2, 0.25) is 0 Å². The van der Waals surface area contributed by atoms with Gasteiger partial charge in [-0.3, -0.25) is 4.79 Å². The van der Waals surface area contributed by atoms with Crippen molar-refractivity contribution in [2.75, 3.05) is 5.75 Å². The molecule has 0 aromatic rings. The van der Waals surface area contributed by atoms with Gasteiger partial charge in [-0.1, -0.05) is 38.5 Å². The van der Waals surface area contributed by atoms with E-state index in [0.717, 1.165) is 11.0 Å². The summed E-state index contributed by atoms with van der Waals surface area (Å²) in [4.78, 5) is 12.1. The molecule has 0 saturated heterocycles. The van der Waals surface area contributed by atoms with Crippen molar-refractivity contribution in [1.82, 2.24) is 0 Å². The number of carbonyl (C=O) groups is 1. The van der Waals surface area contributed by atoms with Crippen molar-refractivity contribution in [3.05, 3.63) is 0 Å². The van der Waals surface area contributed by atoms with Crippen LogP contribution in [-0.4, -0.2) is 16.8 Å². The Labute approximate surface area is 104 Å². The predicted molar refractivity (Wildman–Crippen MR) is 70.9 cm³/mol. The summed E-state index contributed by atoms with van der Waals surface area (Å²) in [6, 6.07) is 0. The van der Waals surface area contributed by atoms with Crippen LogP contribution in [0.5, 0.6) is 0 Å². The first-order valence-corrected chi connectivity index (χ1v) is 8.05. The molecule has 0 N–H and O–H groups in total. The molecule has 2 aliphatic rings. The van der Waals surface area contributed by atoms with Crippen molar-refractivity contribution in [2.24, 2.45) is 5.92 Å². The Bertz CT molecular complexity index is 213. The first-order valence-electron chi connectivity index (χ1n) is 7.00. The van der Waals surface area contributed by atoms with Crippen molar-refractivity contribution >= 4 is 17.5 Å². The predicted octanol–water partition coefficient (Wildman–Crippen LogP) is 4.20. The fourth-order valence-electron chi connectivity index (χ4n) is 2.97. The van der Waals surface area contributed by atoms with Gasteiger partial charge in [0.25, 0.3) is 0 Å². The Morgan fingerprint density at radius 3 is 2.06 bits per heavy atom. The minimum atomic E-state index is 0.413. The van der Waals surface area contributed by atoms with E-state index in [1.54, 1.807) is 0 Å². The summed E-state index contributed by atoms with van der Waals surface area (Å²) in [5.41, 5.74) is 0. The Hall–Kier alpha value is 0.0200. The lowest BCUT2D eigenvalue weighted by Gasteiger charge is -2.14. The van der Waals surface area contributed by atoms with E-state index in [4.69, 9.17) is 0 Å². The van der Waals surface area contributed by atoms with Gasteiger partial charge in [0.1, 0.15) is 5.78 Å². The molecule has 0 heterocycles. The van der Waals surface area contributed by atoms with Gasteiger partial charge in [0.05, 0.1) is 5.75 Å². The maximum absolute atomic E-state index is 12.1. The van der Waals surface area contributed by atoms with E-state index in [1.807, 2.05) is 11.8 Å². The van der Waals surface area contributed by atoms with Crippen LogP contribution >= 0.6 is 11.8 Å². The van der Waals surface area contributed by atoms with Crippen LogP contribution in [0.15, 0.2) is 0 Å². The van der Waals surface area contributed by atoms with Crippen molar-refractivity contribution in [2.45, 2.75) is 69.5 Å². The van der Waals surface area contributed by atoms with E-state index in [-0.39, 0.29) is 0 Å². The third-order valence-electron chi connectivity index (χ3n) is 4.07. The van der Waals surface area contributed by atoms with Crippen LogP contribution < -0.4 is 0 Å². The summed E-state index contributed by atoms with van der Waals surface area (Å²) < 4.78 is 0. The highest BCUT2D eigenvalue weighted by atomic mass is 32.2. The molecule has 0 unspecified atom stereocenters. The van der Waals surface area contributed by atoms with E-state index in [1.165, 1.54) is 64.2 Å². The van der Waals surface area contributed by atoms with Gasteiger partial charge < -0.3 is 0 Å². The number of ketones is 1. The van der Waals surface area contributed by atoms with Crippen LogP contribution in [-0.2, 0) is 4.79 Å². The molecule has 0 amide bonds. The van der Waals surface area contributed by atoms with Crippen molar-refractivity contribution in [1.29, 1.82) is 0 Å². The second-order valence-corrected chi connectivity index (χ2v) is 6.66. The van der Waals surface area contributed by atoms with Crippen molar-refractivity contribution in [3.8, 4) is 0 Å². The third kappa shape index (κ3) is 3.80. The highest BCUT2D eigenvalue weighted by Crippen LogP contribution is 2.31. The van der Waals surface area contributed by atoms with Gasteiger partial charge >= 0.3 is 0 Å². The molecule has 0 atom stereocenters. The molecule has 2 aliphatic carbocycles. The molecular weight excluding hydrogens is 216 g/mol. The molecule has 0 spiro atoms. The lowest BCUT2D eigenvalue weighted by Crippen LogP contribution is -2.17. The Balaban J connectivity index is 1.69. The molecule has 2 fully saturated rings. The van der Waals surface area contributed by atoms with Crippen LogP contribution in [0.2, 0.25) is 0 Å². The van der Waals surface area contributed by atoms with Crippen LogP contribution in [0.1, 0.15) is 64.2 Å². The summed E-state index contributed by atoms with van der Waals surface area (Å²) in [5.74, 6) is 1.77. The third-order valence-corrected chi connectivity index (χ3v) is 5.47. The molecule has 2 rings (SSSR count). The van der Waals surface area contributed by atoms with E-state index in [9.17, 15) is 4.79 Å². The van der Waals surface area contributed by atoms with Gasteiger partial charge in [0, 0.05) is 11.2 Å². The largest absolute Gasteiger partial charge is 0.298 e. The highest BCUT2D eigenvalue weighted by molar-refractivity contribution is 8.00. The summed E-state index contributed by atoms with van der Waals surface area (Å²) in [5, 5.41) is 0.801. The highest BCUT2D eigenvalue weighted by Gasteiger charge is 2.22. The molecule has 2 heteroatoms. The second-order valence-electron chi connectivity index (χ2n) is 5.37. The SMILES string of the molecule is O=C(CSC1CCCC1)C1CCCCCC1. The van der Waals surface area contributed by atoms with Crippen LogP contribution in [0, 0.1) is 5.92 Å². The maximum atomic E-state index is 12.1. The zero-order valence-electron chi connectivity index (χ0n) is 10.2. The minimum Gasteiger partial charge on any atom is -0.298 e. The summed E-state index contributed by atoms with van der Waals surface area (Å²) >= 11 is 1.94. The molecule has 2 saturated carbocycles. The quantitative estimate of drug-likeness (QED) is 0.685. The van der Waals surface area contributed by atoms with Crippen LogP contribution in [0.3, 0.4) is 0 Å². The normalized spacial score (nSPS) is 24.5. The fraction of sp³-hybridized carbons (Fsp3) is 0.929. The summed E-state index contributed by atoms with van der Waals surface area (Å²) in [6.45, 7) is 0. The molecule has 0 radical (unpaired) electrons. The first kappa shape index (κ1) is 12.5. The zero-order valence-corrected chi connectivity index (χ0v) is 11.1. The van der Waals surface area contributed by atoms with Gasteiger partial charge in [0.15, 0.2) is 0 Å². The van der Waals surface area contributed by atoms with E-state index >= 15 is 0 Å². The molecule has 0 bridgehead atoms. The van der Waals surface area contributed by atoms with Crippen molar-refractivity contribution in [3.63, 3.8) is 0 Å². The summed E-state index contributed by atoms with van der Waals surface area (Å²) in [6.07, 6.45) is 13.1.